The van der Waals surface area contributed by atoms with Gasteiger partial charge in [0.2, 0.25) is 0 Å². The van der Waals surface area contributed by atoms with Crippen LogP contribution in [0.3, 0.4) is 0 Å². The fourth-order valence-electron chi connectivity index (χ4n) is 4.04. The summed E-state index contributed by atoms with van der Waals surface area (Å²) in [6, 6.07) is 7.05. The summed E-state index contributed by atoms with van der Waals surface area (Å²) in [5.41, 5.74) is -0.342. The molecule has 0 unspecified atom stereocenters. The van der Waals surface area contributed by atoms with Crippen molar-refractivity contribution in [3.8, 4) is 5.75 Å². The van der Waals surface area contributed by atoms with Crippen LogP contribution >= 0.6 is 0 Å². The zero-order chi connectivity index (χ0) is 22.9. The van der Waals surface area contributed by atoms with Crippen LogP contribution in [0.4, 0.5) is 18.9 Å². The van der Waals surface area contributed by atoms with E-state index in [0.717, 1.165) is 54.6 Å². The first kappa shape index (κ1) is 22.1. The maximum Gasteiger partial charge on any atom is 0.433 e. The maximum absolute atomic E-state index is 13.0. The Hall–Kier alpha value is -3.10. The van der Waals surface area contributed by atoms with Gasteiger partial charge < -0.3 is 10.1 Å². The minimum Gasteiger partial charge on any atom is -0.492 e. The van der Waals surface area contributed by atoms with Gasteiger partial charge in [0.15, 0.2) is 0 Å². The lowest BCUT2D eigenvalue weighted by Gasteiger charge is -2.26. The number of nitrogens with one attached hydrogen (secondary N) is 1. The molecule has 0 bridgehead atoms. The molecule has 1 N–H and O–H groups in total. The number of ether oxygens (including phenoxy) is 1. The molecule has 170 valence electrons. The van der Waals surface area contributed by atoms with Gasteiger partial charge in [-0.3, -0.25) is 9.48 Å². The predicted octanol–water partition coefficient (Wildman–Crippen LogP) is 5.85. The Labute approximate surface area is 183 Å². The van der Waals surface area contributed by atoms with Gasteiger partial charge in [0.1, 0.15) is 17.1 Å². The molecule has 1 fully saturated rings. The maximum atomic E-state index is 13.0. The Balaban J connectivity index is 1.62. The van der Waals surface area contributed by atoms with Crippen LogP contribution in [0.2, 0.25) is 0 Å². The number of fused-ring (bicyclic) bond motifs is 1. The molecule has 4 rings (SSSR count). The van der Waals surface area contributed by atoms with Crippen molar-refractivity contribution in [1.29, 1.82) is 0 Å². The first-order valence-corrected chi connectivity index (χ1v) is 10.8. The molecule has 1 amide bonds. The van der Waals surface area contributed by atoms with Gasteiger partial charge in [-0.2, -0.15) is 18.3 Å². The van der Waals surface area contributed by atoms with Gasteiger partial charge in [0, 0.05) is 17.6 Å². The predicted molar refractivity (Wildman–Crippen MR) is 115 cm³/mol. The summed E-state index contributed by atoms with van der Waals surface area (Å²) in [4.78, 5) is 16.1. The number of pyridine rings is 1. The Bertz CT molecular complexity index is 1120. The number of carbonyl (C=O) groups excluding carboxylic acids is 1. The van der Waals surface area contributed by atoms with E-state index in [-0.39, 0.29) is 5.69 Å². The number of carbonyl (C=O) groups is 1. The van der Waals surface area contributed by atoms with Crippen LogP contribution in [0, 0.1) is 5.92 Å². The van der Waals surface area contributed by atoms with Crippen molar-refractivity contribution < 1.29 is 22.7 Å². The summed E-state index contributed by atoms with van der Waals surface area (Å²) in [6.07, 6.45) is 1.78. The number of alkyl halides is 3. The van der Waals surface area contributed by atoms with Gasteiger partial charge >= 0.3 is 6.18 Å². The Morgan fingerprint density at radius 2 is 1.97 bits per heavy atom. The number of aromatic nitrogens is 3. The monoisotopic (exact) mass is 446 g/mol. The van der Waals surface area contributed by atoms with E-state index in [2.05, 4.69) is 17.2 Å². The number of rotatable bonds is 5. The average Bonchev–Trinajstić information content (AvgIpc) is 3.17. The lowest BCUT2D eigenvalue weighted by molar-refractivity contribution is -0.141. The topological polar surface area (TPSA) is 69.0 Å². The Morgan fingerprint density at radius 1 is 1.22 bits per heavy atom. The molecule has 1 aliphatic carbocycles. The van der Waals surface area contributed by atoms with Crippen LogP contribution < -0.4 is 10.1 Å². The summed E-state index contributed by atoms with van der Waals surface area (Å²) in [5, 5.41) is 8.17. The number of anilines is 1. The molecule has 6 nitrogen and oxygen atoms in total. The number of hydrogen-bond donors (Lipinski definition) is 1. The lowest BCUT2D eigenvalue weighted by Crippen LogP contribution is -2.17. The standard InChI is InChI=1S/C23H25F3N4O2/c1-3-32-20-12-18-15(13-30(29-18)16-9-7-14(2)8-10-16)11-19(20)28-22(31)17-5-4-6-21(27-17)23(24,25)26/h4-6,11-14,16H,3,7-10H2,1-2H3,(H,28,31)/t14-,16-. The second-order valence-electron chi connectivity index (χ2n) is 8.22. The highest BCUT2D eigenvalue weighted by Gasteiger charge is 2.33. The number of halogens is 3. The molecule has 0 atom stereocenters. The Morgan fingerprint density at radius 3 is 2.66 bits per heavy atom. The number of hydrogen-bond acceptors (Lipinski definition) is 4. The lowest BCUT2D eigenvalue weighted by atomic mass is 9.87. The number of nitrogens with zero attached hydrogens (tertiary/aromatic N) is 3. The molecular formula is C23H25F3N4O2. The minimum atomic E-state index is -4.63. The molecule has 0 radical (unpaired) electrons. The van der Waals surface area contributed by atoms with E-state index >= 15 is 0 Å². The fourth-order valence-corrected chi connectivity index (χ4v) is 4.04. The second-order valence-corrected chi connectivity index (χ2v) is 8.22. The molecular weight excluding hydrogens is 421 g/mol. The molecule has 2 aromatic heterocycles. The molecule has 0 saturated heterocycles. The normalized spacial score (nSPS) is 19.2. The molecule has 9 heteroatoms. The van der Waals surface area contributed by atoms with E-state index in [4.69, 9.17) is 9.84 Å². The SMILES string of the molecule is CCOc1cc2nn([C@H]3CC[C@H](C)CC3)cc2cc1NC(=O)c1cccc(C(F)(F)F)n1. The molecule has 32 heavy (non-hydrogen) atoms. The zero-order valence-electron chi connectivity index (χ0n) is 17.9. The molecule has 2 heterocycles. The third kappa shape index (κ3) is 4.71. The van der Waals surface area contributed by atoms with Crippen LogP contribution in [-0.2, 0) is 6.18 Å². The van der Waals surface area contributed by atoms with Gasteiger partial charge in [-0.1, -0.05) is 13.0 Å². The average molecular weight is 446 g/mol. The highest BCUT2D eigenvalue weighted by molar-refractivity contribution is 6.05. The second kappa shape index (κ2) is 8.80. The largest absolute Gasteiger partial charge is 0.492 e. The van der Waals surface area contributed by atoms with Crippen LogP contribution in [0.1, 0.15) is 61.8 Å². The summed E-state index contributed by atoms with van der Waals surface area (Å²) in [6.45, 7) is 4.43. The van der Waals surface area contributed by atoms with Crippen molar-refractivity contribution in [3.63, 3.8) is 0 Å². The van der Waals surface area contributed by atoms with Crippen molar-refractivity contribution >= 4 is 22.5 Å². The summed E-state index contributed by atoms with van der Waals surface area (Å²) < 4.78 is 46.5. The van der Waals surface area contributed by atoms with Crippen molar-refractivity contribution in [3.05, 3.63) is 47.9 Å². The third-order valence-corrected chi connectivity index (χ3v) is 5.80. The Kier molecular flexibility index (Phi) is 6.08. The zero-order valence-corrected chi connectivity index (χ0v) is 17.9. The van der Waals surface area contributed by atoms with Crippen LogP contribution in [0.15, 0.2) is 36.5 Å². The first-order chi connectivity index (χ1) is 15.2. The summed E-state index contributed by atoms with van der Waals surface area (Å²) in [7, 11) is 0. The van der Waals surface area contributed by atoms with Crippen LogP contribution in [-0.4, -0.2) is 27.3 Å². The van der Waals surface area contributed by atoms with Crippen molar-refractivity contribution in [1.82, 2.24) is 14.8 Å². The van der Waals surface area contributed by atoms with E-state index in [1.807, 2.05) is 17.8 Å². The van der Waals surface area contributed by atoms with E-state index in [1.54, 1.807) is 12.1 Å². The van der Waals surface area contributed by atoms with Gasteiger partial charge in [-0.05, 0) is 56.7 Å². The van der Waals surface area contributed by atoms with Gasteiger partial charge in [0.25, 0.3) is 5.91 Å². The fraction of sp³-hybridized carbons (Fsp3) is 0.435. The smallest absolute Gasteiger partial charge is 0.433 e. The van der Waals surface area contributed by atoms with Gasteiger partial charge in [0.05, 0.1) is 23.9 Å². The third-order valence-electron chi connectivity index (χ3n) is 5.80. The number of amides is 1. The quantitative estimate of drug-likeness (QED) is 0.534. The van der Waals surface area contributed by atoms with Gasteiger partial charge in [-0.25, -0.2) is 4.98 Å². The van der Waals surface area contributed by atoms with E-state index in [9.17, 15) is 18.0 Å². The van der Waals surface area contributed by atoms with E-state index in [1.165, 1.54) is 6.07 Å². The van der Waals surface area contributed by atoms with Crippen LogP contribution in [0.5, 0.6) is 5.75 Å². The summed E-state index contributed by atoms with van der Waals surface area (Å²) >= 11 is 0. The minimum absolute atomic E-state index is 0.325. The van der Waals surface area contributed by atoms with Crippen molar-refractivity contribution in [2.45, 2.75) is 51.7 Å². The first-order valence-electron chi connectivity index (χ1n) is 10.8. The molecule has 0 spiro atoms. The molecule has 1 aliphatic rings. The van der Waals surface area contributed by atoms with E-state index in [0.29, 0.717) is 24.1 Å². The van der Waals surface area contributed by atoms with E-state index < -0.39 is 17.8 Å². The van der Waals surface area contributed by atoms with Crippen molar-refractivity contribution in [2.75, 3.05) is 11.9 Å². The van der Waals surface area contributed by atoms with Gasteiger partial charge in [-0.15, -0.1) is 0 Å². The van der Waals surface area contributed by atoms with Crippen molar-refractivity contribution in [2.24, 2.45) is 5.92 Å². The molecule has 3 aromatic rings. The molecule has 0 aliphatic heterocycles. The summed E-state index contributed by atoms with van der Waals surface area (Å²) in [5.74, 6) is 0.389. The molecule has 1 saturated carbocycles. The highest BCUT2D eigenvalue weighted by atomic mass is 19.4. The van der Waals surface area contributed by atoms with Crippen LogP contribution in [0.25, 0.3) is 10.9 Å². The molecule has 1 aromatic carbocycles. The number of benzene rings is 1. The highest BCUT2D eigenvalue weighted by Crippen LogP contribution is 2.35.